The number of benzene rings is 2. The Morgan fingerprint density at radius 1 is 0.976 bits per heavy atom. The predicted molar refractivity (Wildman–Crippen MR) is 155 cm³/mol. The molecule has 42 heavy (non-hydrogen) atoms. The van der Waals surface area contributed by atoms with E-state index in [4.69, 9.17) is 11.5 Å². The zero-order chi connectivity index (χ0) is 30.2. The van der Waals surface area contributed by atoms with Gasteiger partial charge >= 0.3 is 5.97 Å². The van der Waals surface area contributed by atoms with E-state index in [9.17, 15) is 29.1 Å². The molecule has 1 saturated heterocycles. The average molecular weight is 577 g/mol. The van der Waals surface area contributed by atoms with E-state index in [0.29, 0.717) is 12.8 Å². The molecular formula is C30H36N6O6. The lowest BCUT2D eigenvalue weighted by molar-refractivity contribution is -0.145. The molecule has 0 spiro atoms. The molecule has 2 heterocycles. The van der Waals surface area contributed by atoms with E-state index in [2.05, 4.69) is 15.6 Å². The number of H-pyrrole nitrogens is 1. The van der Waals surface area contributed by atoms with Crippen LogP contribution in [0.15, 0.2) is 60.8 Å². The van der Waals surface area contributed by atoms with Gasteiger partial charge in [-0.15, -0.1) is 0 Å². The Morgan fingerprint density at radius 2 is 1.69 bits per heavy atom. The van der Waals surface area contributed by atoms with Crippen LogP contribution in [0.3, 0.4) is 0 Å². The maximum absolute atomic E-state index is 13.7. The molecule has 4 rings (SSSR count). The van der Waals surface area contributed by atoms with Crippen molar-refractivity contribution in [3.63, 3.8) is 0 Å². The Hall–Kier alpha value is -4.71. The minimum Gasteiger partial charge on any atom is -0.480 e. The number of likely N-dealkylation sites (tertiary alicyclic amines) is 1. The van der Waals surface area contributed by atoms with Gasteiger partial charge in [-0.05, 0) is 42.9 Å². The number of hydrogen-bond acceptors (Lipinski definition) is 6. The highest BCUT2D eigenvalue weighted by molar-refractivity contribution is 5.95. The van der Waals surface area contributed by atoms with Crippen LogP contribution in [0.5, 0.6) is 0 Å². The van der Waals surface area contributed by atoms with Gasteiger partial charge in [0, 0.05) is 36.5 Å². The summed E-state index contributed by atoms with van der Waals surface area (Å²) < 4.78 is 0. The number of hydrogen-bond donors (Lipinski definition) is 6. The lowest BCUT2D eigenvalue weighted by atomic mass is 10.0. The number of nitrogens with one attached hydrogen (secondary N) is 3. The minimum absolute atomic E-state index is 0.0731. The number of fused-ring (bicyclic) bond motifs is 1. The molecule has 12 nitrogen and oxygen atoms in total. The third kappa shape index (κ3) is 7.52. The van der Waals surface area contributed by atoms with Gasteiger partial charge in [-0.3, -0.25) is 19.2 Å². The SMILES string of the molecule is NC(=O)CCC(NC(=O)C(N)Cc1c[nH]c2ccccc12)C(=O)N1CCCC1C(=O)NC(Cc1ccccc1)C(=O)O. The van der Waals surface area contributed by atoms with E-state index in [-0.39, 0.29) is 32.2 Å². The van der Waals surface area contributed by atoms with Crippen molar-refractivity contribution < 1.29 is 29.1 Å². The van der Waals surface area contributed by atoms with Crippen molar-refractivity contribution in [3.05, 3.63) is 71.9 Å². The van der Waals surface area contributed by atoms with Crippen molar-refractivity contribution in [2.75, 3.05) is 6.54 Å². The van der Waals surface area contributed by atoms with Gasteiger partial charge in [-0.25, -0.2) is 4.79 Å². The zero-order valence-electron chi connectivity index (χ0n) is 23.1. The number of aromatic nitrogens is 1. The molecule has 12 heteroatoms. The molecule has 1 aliphatic heterocycles. The molecule has 222 valence electrons. The van der Waals surface area contributed by atoms with Crippen molar-refractivity contribution in [1.29, 1.82) is 0 Å². The first kappa shape index (κ1) is 30.3. The number of nitrogens with two attached hydrogens (primary N) is 2. The van der Waals surface area contributed by atoms with Crippen molar-refractivity contribution in [1.82, 2.24) is 20.5 Å². The molecule has 3 aromatic rings. The van der Waals surface area contributed by atoms with Crippen LogP contribution in [0.4, 0.5) is 0 Å². The number of para-hydroxylation sites is 1. The van der Waals surface area contributed by atoms with E-state index >= 15 is 0 Å². The molecule has 4 atom stereocenters. The maximum Gasteiger partial charge on any atom is 0.326 e. The van der Waals surface area contributed by atoms with Crippen molar-refractivity contribution in [2.24, 2.45) is 11.5 Å². The highest BCUT2D eigenvalue weighted by atomic mass is 16.4. The number of carbonyl (C=O) groups is 5. The van der Waals surface area contributed by atoms with Gasteiger partial charge in [0.2, 0.25) is 23.6 Å². The van der Waals surface area contributed by atoms with Gasteiger partial charge in [-0.2, -0.15) is 0 Å². The molecule has 1 aromatic heterocycles. The second kappa shape index (κ2) is 13.8. The van der Waals surface area contributed by atoms with Crippen LogP contribution >= 0.6 is 0 Å². The minimum atomic E-state index is -1.20. The molecule has 8 N–H and O–H groups in total. The van der Waals surface area contributed by atoms with Gasteiger partial charge in [-0.1, -0.05) is 48.5 Å². The number of carbonyl (C=O) groups excluding carboxylic acids is 4. The summed E-state index contributed by atoms with van der Waals surface area (Å²) in [6.07, 6.45) is 2.66. The number of amides is 4. The van der Waals surface area contributed by atoms with Crippen molar-refractivity contribution in [2.45, 2.75) is 62.7 Å². The summed E-state index contributed by atoms with van der Waals surface area (Å²) >= 11 is 0. The van der Waals surface area contributed by atoms with Crippen LogP contribution in [0.25, 0.3) is 10.9 Å². The highest BCUT2D eigenvalue weighted by Crippen LogP contribution is 2.21. The number of carboxylic acids is 1. The summed E-state index contributed by atoms with van der Waals surface area (Å²) in [6.45, 7) is 0.234. The number of aliphatic carboxylic acids is 1. The average Bonchev–Trinajstić information content (AvgIpc) is 3.62. The lowest BCUT2D eigenvalue weighted by Gasteiger charge is -2.30. The van der Waals surface area contributed by atoms with Crippen LogP contribution in [0.2, 0.25) is 0 Å². The van der Waals surface area contributed by atoms with Gasteiger partial charge in [0.1, 0.15) is 18.1 Å². The molecule has 2 aromatic carbocycles. The quantitative estimate of drug-likeness (QED) is 0.171. The largest absolute Gasteiger partial charge is 0.480 e. The normalized spacial score (nSPS) is 16.9. The number of primary amides is 1. The second-order valence-electron chi connectivity index (χ2n) is 10.5. The molecule has 4 unspecified atom stereocenters. The summed E-state index contributed by atoms with van der Waals surface area (Å²) in [5.41, 5.74) is 14.0. The van der Waals surface area contributed by atoms with E-state index in [1.807, 2.05) is 30.3 Å². The van der Waals surface area contributed by atoms with Crippen LogP contribution < -0.4 is 22.1 Å². The summed E-state index contributed by atoms with van der Waals surface area (Å²) in [5, 5.41) is 15.9. The predicted octanol–water partition coefficient (Wildman–Crippen LogP) is 0.591. The molecule has 4 amide bonds. The van der Waals surface area contributed by atoms with Gasteiger partial charge in [0.05, 0.1) is 6.04 Å². The Kier molecular flexibility index (Phi) is 9.92. The summed E-state index contributed by atoms with van der Waals surface area (Å²) in [6, 6.07) is 12.2. The van der Waals surface area contributed by atoms with Crippen molar-refractivity contribution >= 4 is 40.5 Å². The molecular weight excluding hydrogens is 540 g/mol. The Labute approximate surface area is 242 Å². The number of rotatable bonds is 13. The van der Waals surface area contributed by atoms with E-state index < -0.39 is 53.8 Å². The molecule has 0 saturated carbocycles. The molecule has 1 fully saturated rings. The smallest absolute Gasteiger partial charge is 0.326 e. The summed E-state index contributed by atoms with van der Waals surface area (Å²) in [5.74, 6) is -3.58. The molecule has 1 aliphatic rings. The second-order valence-corrected chi connectivity index (χ2v) is 10.5. The lowest BCUT2D eigenvalue weighted by Crippen LogP contribution is -2.57. The molecule has 0 bridgehead atoms. The van der Waals surface area contributed by atoms with E-state index in [0.717, 1.165) is 22.0 Å². The number of aromatic amines is 1. The zero-order valence-corrected chi connectivity index (χ0v) is 23.1. The Bertz CT molecular complexity index is 1440. The standard InChI is InChI=1S/C30H36N6O6/c31-21(16-19-17-33-22-10-5-4-9-20(19)22)27(38)34-23(12-13-26(32)37)29(40)36-14-6-11-25(36)28(39)35-24(30(41)42)15-18-7-2-1-3-8-18/h1-5,7-10,17,21,23-25,33H,6,11-16,31H2,(H2,32,37)(H,34,38)(H,35,39)(H,41,42). The van der Waals surface area contributed by atoms with Gasteiger partial charge in [0.25, 0.3) is 0 Å². The van der Waals surface area contributed by atoms with Crippen LogP contribution in [0.1, 0.15) is 36.8 Å². The van der Waals surface area contributed by atoms with Gasteiger partial charge < -0.3 is 37.1 Å². The first-order chi connectivity index (χ1) is 20.1. The van der Waals surface area contributed by atoms with E-state index in [1.165, 1.54) is 4.90 Å². The topological polar surface area (TPSA) is 201 Å². The first-order valence-electron chi connectivity index (χ1n) is 13.9. The fourth-order valence-corrected chi connectivity index (χ4v) is 5.27. The monoisotopic (exact) mass is 576 g/mol. The summed E-state index contributed by atoms with van der Waals surface area (Å²) in [4.78, 5) is 67.9. The fourth-order valence-electron chi connectivity index (χ4n) is 5.27. The van der Waals surface area contributed by atoms with Crippen LogP contribution in [-0.4, -0.2) is 75.3 Å². The maximum atomic E-state index is 13.7. The Balaban J connectivity index is 1.44. The van der Waals surface area contributed by atoms with Crippen LogP contribution in [-0.2, 0) is 36.8 Å². The first-order valence-corrected chi connectivity index (χ1v) is 13.9. The number of nitrogens with zero attached hydrogens (tertiary/aromatic N) is 1. The highest BCUT2D eigenvalue weighted by Gasteiger charge is 2.39. The number of carboxylic acid groups (broad SMARTS) is 1. The third-order valence-corrected chi connectivity index (χ3v) is 7.48. The van der Waals surface area contributed by atoms with Crippen molar-refractivity contribution in [3.8, 4) is 0 Å². The fraction of sp³-hybridized carbons (Fsp3) is 0.367. The molecule has 0 aliphatic carbocycles. The van der Waals surface area contributed by atoms with Gasteiger partial charge in [0.15, 0.2) is 0 Å². The Morgan fingerprint density at radius 3 is 2.40 bits per heavy atom. The van der Waals surface area contributed by atoms with Crippen LogP contribution in [0, 0.1) is 0 Å². The van der Waals surface area contributed by atoms with E-state index in [1.54, 1.807) is 30.5 Å². The molecule has 0 radical (unpaired) electrons. The third-order valence-electron chi connectivity index (χ3n) is 7.48. The summed E-state index contributed by atoms with van der Waals surface area (Å²) in [7, 11) is 0.